The van der Waals surface area contributed by atoms with Crippen molar-refractivity contribution in [2.45, 2.75) is 25.7 Å². The first kappa shape index (κ1) is 13.0. The molecule has 0 radical (unpaired) electrons. The number of nitrogens with zero attached hydrogens (tertiary/aromatic N) is 2. The Bertz CT molecular complexity index is 997. The van der Waals surface area contributed by atoms with Crippen LogP contribution in [-0.4, -0.2) is 14.5 Å². The fourth-order valence-electron chi connectivity index (χ4n) is 2.77. The lowest BCUT2D eigenvalue weighted by Crippen LogP contribution is -2.30. The number of pyridine rings is 1. The number of hydrogen-bond acceptors (Lipinski definition) is 3. The summed E-state index contributed by atoms with van der Waals surface area (Å²) < 4.78 is 1.50. The summed E-state index contributed by atoms with van der Waals surface area (Å²) in [5, 5.41) is 0.437. The maximum atomic E-state index is 12.4. The minimum absolute atomic E-state index is 0.389. The van der Waals surface area contributed by atoms with E-state index in [0.29, 0.717) is 17.0 Å². The van der Waals surface area contributed by atoms with E-state index in [-0.39, 0.29) is 5.56 Å². The molecule has 1 saturated carbocycles. The van der Waals surface area contributed by atoms with Crippen molar-refractivity contribution in [1.29, 1.82) is 0 Å². The predicted octanol–water partition coefficient (Wildman–Crippen LogP) is 2.26. The molecular weight excluding hydrogens is 278 g/mol. The molecule has 5 nitrogen and oxygen atoms in total. The van der Waals surface area contributed by atoms with Gasteiger partial charge in [0.25, 0.3) is 5.56 Å². The zero-order valence-corrected chi connectivity index (χ0v) is 12.2. The molecule has 0 spiro atoms. The zero-order chi connectivity index (χ0) is 15.3. The third-order valence-corrected chi connectivity index (χ3v) is 4.13. The van der Waals surface area contributed by atoms with Crippen molar-refractivity contribution in [2.75, 3.05) is 0 Å². The number of fused-ring (bicyclic) bond motifs is 1. The maximum Gasteiger partial charge on any atom is 0.334 e. The smallest absolute Gasteiger partial charge is 0.273 e. The molecule has 0 atom stereocenters. The lowest BCUT2D eigenvalue weighted by atomic mass is 10.2. The van der Waals surface area contributed by atoms with Crippen molar-refractivity contribution in [3.63, 3.8) is 0 Å². The van der Waals surface area contributed by atoms with Gasteiger partial charge in [-0.1, -0.05) is 18.2 Å². The number of rotatable bonds is 2. The molecule has 3 aromatic rings. The van der Waals surface area contributed by atoms with Gasteiger partial charge in [-0.2, -0.15) is 0 Å². The summed E-state index contributed by atoms with van der Waals surface area (Å²) in [7, 11) is 0. The molecular formula is C17H15N3O2. The molecule has 0 saturated heterocycles. The first-order chi connectivity index (χ1) is 10.6. The van der Waals surface area contributed by atoms with Crippen molar-refractivity contribution in [2.24, 2.45) is 0 Å². The fraction of sp³-hybridized carbons (Fsp3) is 0.235. The van der Waals surface area contributed by atoms with Crippen molar-refractivity contribution < 1.29 is 0 Å². The standard InChI is InChI=1S/C17H15N3O2/c1-10-4-2-3-5-14(10)20-15-12(16(21)19-17(20)22)8-9-13(18-15)11-6-7-11/h2-5,8-9,11H,6-7H2,1H3,(H,19,21,22). The Kier molecular flexibility index (Phi) is 2.76. The van der Waals surface area contributed by atoms with E-state index in [9.17, 15) is 9.59 Å². The molecule has 2 aromatic heterocycles. The molecule has 1 fully saturated rings. The summed E-state index contributed by atoms with van der Waals surface area (Å²) >= 11 is 0. The Morgan fingerprint density at radius 2 is 1.91 bits per heavy atom. The van der Waals surface area contributed by atoms with E-state index in [1.807, 2.05) is 37.3 Å². The molecule has 5 heteroatoms. The Morgan fingerprint density at radius 1 is 1.14 bits per heavy atom. The summed E-state index contributed by atoms with van der Waals surface area (Å²) in [6.45, 7) is 1.93. The lowest BCUT2D eigenvalue weighted by Gasteiger charge is -2.12. The van der Waals surface area contributed by atoms with Crippen LogP contribution in [0.3, 0.4) is 0 Å². The second-order valence-corrected chi connectivity index (χ2v) is 5.76. The van der Waals surface area contributed by atoms with Crippen LogP contribution in [0.25, 0.3) is 16.7 Å². The van der Waals surface area contributed by atoms with E-state index < -0.39 is 5.69 Å². The van der Waals surface area contributed by atoms with Crippen LogP contribution in [0.2, 0.25) is 0 Å². The number of nitrogens with one attached hydrogen (secondary N) is 1. The molecule has 4 rings (SSSR count). The largest absolute Gasteiger partial charge is 0.334 e. The second-order valence-electron chi connectivity index (χ2n) is 5.76. The number of aryl methyl sites for hydroxylation is 1. The van der Waals surface area contributed by atoms with Crippen molar-refractivity contribution in [3.8, 4) is 5.69 Å². The van der Waals surface area contributed by atoms with Gasteiger partial charge in [0.1, 0.15) is 0 Å². The molecule has 2 heterocycles. The number of aromatic amines is 1. The van der Waals surface area contributed by atoms with Gasteiger partial charge in [0.2, 0.25) is 0 Å². The number of para-hydroxylation sites is 1. The molecule has 0 bridgehead atoms. The van der Waals surface area contributed by atoms with E-state index in [4.69, 9.17) is 0 Å². The Balaban J connectivity index is 2.12. The van der Waals surface area contributed by atoms with Gasteiger partial charge in [-0.05, 0) is 43.5 Å². The van der Waals surface area contributed by atoms with Crippen molar-refractivity contribution in [3.05, 3.63) is 68.5 Å². The third-order valence-electron chi connectivity index (χ3n) is 4.13. The molecule has 1 aromatic carbocycles. The number of benzene rings is 1. The Labute approximate surface area is 126 Å². The average molecular weight is 293 g/mol. The van der Waals surface area contributed by atoms with E-state index in [1.165, 1.54) is 4.57 Å². The average Bonchev–Trinajstić information content (AvgIpc) is 3.33. The quantitative estimate of drug-likeness (QED) is 0.788. The summed E-state index contributed by atoms with van der Waals surface area (Å²) in [4.78, 5) is 31.4. The first-order valence-corrected chi connectivity index (χ1v) is 7.37. The van der Waals surface area contributed by atoms with Crippen LogP contribution in [0.15, 0.2) is 46.0 Å². The number of H-pyrrole nitrogens is 1. The molecule has 0 amide bonds. The van der Waals surface area contributed by atoms with Crippen LogP contribution >= 0.6 is 0 Å². The van der Waals surface area contributed by atoms with Crippen LogP contribution in [-0.2, 0) is 0 Å². The second kappa shape index (κ2) is 4.66. The van der Waals surface area contributed by atoms with Crippen LogP contribution < -0.4 is 11.2 Å². The van der Waals surface area contributed by atoms with Crippen molar-refractivity contribution >= 4 is 11.0 Å². The van der Waals surface area contributed by atoms with Gasteiger partial charge in [0, 0.05) is 11.6 Å². The summed E-state index contributed by atoms with van der Waals surface area (Å²) in [6, 6.07) is 11.2. The Morgan fingerprint density at radius 3 is 2.64 bits per heavy atom. The van der Waals surface area contributed by atoms with Crippen LogP contribution in [0.5, 0.6) is 0 Å². The van der Waals surface area contributed by atoms with E-state index in [0.717, 1.165) is 29.8 Å². The maximum absolute atomic E-state index is 12.4. The lowest BCUT2D eigenvalue weighted by molar-refractivity contribution is 0.904. The number of hydrogen-bond donors (Lipinski definition) is 1. The van der Waals surface area contributed by atoms with E-state index in [1.54, 1.807) is 6.07 Å². The van der Waals surface area contributed by atoms with Gasteiger partial charge in [-0.3, -0.25) is 9.78 Å². The number of aromatic nitrogens is 3. The monoisotopic (exact) mass is 293 g/mol. The third kappa shape index (κ3) is 1.97. The molecule has 1 N–H and O–H groups in total. The van der Waals surface area contributed by atoms with E-state index >= 15 is 0 Å². The molecule has 1 aliphatic carbocycles. The predicted molar refractivity (Wildman–Crippen MR) is 84.7 cm³/mol. The van der Waals surface area contributed by atoms with Crippen LogP contribution in [0.4, 0.5) is 0 Å². The molecule has 22 heavy (non-hydrogen) atoms. The van der Waals surface area contributed by atoms with Crippen LogP contribution in [0, 0.1) is 6.92 Å². The fourth-order valence-corrected chi connectivity index (χ4v) is 2.77. The van der Waals surface area contributed by atoms with E-state index in [2.05, 4.69) is 9.97 Å². The minimum atomic E-state index is -0.452. The summed E-state index contributed by atoms with van der Waals surface area (Å²) in [6.07, 6.45) is 2.24. The van der Waals surface area contributed by atoms with Crippen molar-refractivity contribution in [1.82, 2.24) is 14.5 Å². The molecule has 110 valence electrons. The minimum Gasteiger partial charge on any atom is -0.273 e. The van der Waals surface area contributed by atoms with Gasteiger partial charge in [0.05, 0.1) is 11.1 Å². The van der Waals surface area contributed by atoms with Gasteiger partial charge < -0.3 is 0 Å². The topological polar surface area (TPSA) is 67.8 Å². The SMILES string of the molecule is Cc1ccccc1-n1c(=O)[nH]c(=O)c2ccc(C3CC3)nc21. The van der Waals surface area contributed by atoms with Gasteiger partial charge in [-0.15, -0.1) is 0 Å². The highest BCUT2D eigenvalue weighted by atomic mass is 16.2. The first-order valence-electron chi connectivity index (χ1n) is 7.37. The highest BCUT2D eigenvalue weighted by molar-refractivity contribution is 5.76. The summed E-state index contributed by atoms with van der Waals surface area (Å²) in [5.74, 6) is 0.462. The Hall–Kier alpha value is -2.69. The van der Waals surface area contributed by atoms with Gasteiger partial charge >= 0.3 is 5.69 Å². The molecule has 0 aliphatic heterocycles. The normalized spacial score (nSPS) is 14.4. The van der Waals surface area contributed by atoms with Gasteiger partial charge in [-0.25, -0.2) is 14.3 Å². The molecule has 0 unspecified atom stereocenters. The highest BCUT2D eigenvalue weighted by Crippen LogP contribution is 2.39. The van der Waals surface area contributed by atoms with Crippen LogP contribution in [0.1, 0.15) is 30.0 Å². The highest BCUT2D eigenvalue weighted by Gasteiger charge is 2.26. The zero-order valence-electron chi connectivity index (χ0n) is 12.2. The molecule has 1 aliphatic rings. The van der Waals surface area contributed by atoms with Gasteiger partial charge in [0.15, 0.2) is 5.65 Å². The summed E-state index contributed by atoms with van der Waals surface area (Å²) in [5.41, 5.74) is 2.25.